The summed E-state index contributed by atoms with van der Waals surface area (Å²) in [5.74, 6) is -0.618. The standard InChI is InChI=1S/C28H28FN3O4/c1-35-15-14-31(28(34)22-11-6-12-23(29)16-22)19-27(33)32-26(20-8-4-3-5-9-20)18-25(30-32)21-10-7-13-24(17-21)36-2/h3-13,16-17,26H,14-15,18-19H2,1-2H3. The molecule has 36 heavy (non-hydrogen) atoms. The molecule has 1 unspecified atom stereocenters. The van der Waals surface area contributed by atoms with Gasteiger partial charge in [-0.05, 0) is 35.9 Å². The molecule has 0 aromatic heterocycles. The van der Waals surface area contributed by atoms with Crippen LogP contribution in [-0.4, -0.2) is 61.4 Å². The van der Waals surface area contributed by atoms with Crippen molar-refractivity contribution in [1.29, 1.82) is 0 Å². The molecule has 4 rings (SSSR count). The number of ether oxygens (including phenoxy) is 2. The number of hydrogen-bond acceptors (Lipinski definition) is 5. The molecule has 0 bridgehead atoms. The van der Waals surface area contributed by atoms with E-state index in [0.717, 1.165) is 22.9 Å². The van der Waals surface area contributed by atoms with E-state index < -0.39 is 11.7 Å². The smallest absolute Gasteiger partial charge is 0.262 e. The van der Waals surface area contributed by atoms with Gasteiger partial charge >= 0.3 is 0 Å². The topological polar surface area (TPSA) is 71.4 Å². The molecule has 0 saturated heterocycles. The quantitative estimate of drug-likeness (QED) is 0.449. The van der Waals surface area contributed by atoms with Gasteiger partial charge in [0.25, 0.3) is 11.8 Å². The van der Waals surface area contributed by atoms with Gasteiger partial charge in [0.1, 0.15) is 18.1 Å². The van der Waals surface area contributed by atoms with E-state index in [2.05, 4.69) is 5.10 Å². The van der Waals surface area contributed by atoms with Gasteiger partial charge in [-0.15, -0.1) is 0 Å². The number of benzene rings is 3. The van der Waals surface area contributed by atoms with Crippen molar-refractivity contribution in [1.82, 2.24) is 9.91 Å². The number of methoxy groups -OCH3 is 2. The Hall–Kier alpha value is -4.04. The molecule has 0 N–H and O–H groups in total. The Morgan fingerprint density at radius 2 is 1.81 bits per heavy atom. The van der Waals surface area contributed by atoms with E-state index in [1.165, 1.54) is 35.2 Å². The third kappa shape index (κ3) is 5.78. The van der Waals surface area contributed by atoms with Crippen LogP contribution in [0.1, 0.15) is 33.9 Å². The van der Waals surface area contributed by atoms with Crippen molar-refractivity contribution in [3.8, 4) is 5.75 Å². The first-order valence-electron chi connectivity index (χ1n) is 11.6. The molecule has 8 heteroatoms. The summed E-state index contributed by atoms with van der Waals surface area (Å²) in [6, 6.07) is 22.3. The molecule has 1 aliphatic heterocycles. The van der Waals surface area contributed by atoms with Crippen LogP contribution in [0.25, 0.3) is 0 Å². The van der Waals surface area contributed by atoms with E-state index in [-0.39, 0.29) is 37.2 Å². The summed E-state index contributed by atoms with van der Waals surface area (Å²) in [6.45, 7) is 0.180. The van der Waals surface area contributed by atoms with Crippen molar-refractivity contribution in [2.45, 2.75) is 12.5 Å². The molecular weight excluding hydrogens is 461 g/mol. The average Bonchev–Trinajstić information content (AvgIpc) is 3.37. The Kier molecular flexibility index (Phi) is 8.07. The van der Waals surface area contributed by atoms with Gasteiger partial charge in [-0.3, -0.25) is 9.59 Å². The summed E-state index contributed by atoms with van der Waals surface area (Å²) < 4.78 is 24.2. The van der Waals surface area contributed by atoms with Crippen molar-refractivity contribution in [3.63, 3.8) is 0 Å². The zero-order valence-electron chi connectivity index (χ0n) is 20.3. The van der Waals surface area contributed by atoms with Crippen molar-refractivity contribution in [2.75, 3.05) is 33.9 Å². The molecule has 0 aliphatic carbocycles. The summed E-state index contributed by atoms with van der Waals surface area (Å²) in [6.07, 6.45) is 0.513. The van der Waals surface area contributed by atoms with Crippen molar-refractivity contribution in [2.24, 2.45) is 5.10 Å². The number of carbonyl (C=O) groups excluding carboxylic acids is 2. The third-order valence-electron chi connectivity index (χ3n) is 6.00. The maximum absolute atomic E-state index is 13.8. The highest BCUT2D eigenvalue weighted by molar-refractivity contribution is 6.04. The van der Waals surface area contributed by atoms with E-state index in [4.69, 9.17) is 9.47 Å². The lowest BCUT2D eigenvalue weighted by molar-refractivity contribution is -0.133. The molecular formula is C28H28FN3O4. The van der Waals surface area contributed by atoms with Gasteiger partial charge in [0.15, 0.2) is 0 Å². The van der Waals surface area contributed by atoms with Crippen LogP contribution in [0.2, 0.25) is 0 Å². The third-order valence-corrected chi connectivity index (χ3v) is 6.00. The van der Waals surface area contributed by atoms with Crippen LogP contribution in [0.5, 0.6) is 5.75 Å². The molecule has 3 aromatic carbocycles. The molecule has 3 aromatic rings. The SMILES string of the molecule is COCCN(CC(=O)N1N=C(c2cccc(OC)c2)CC1c1ccccc1)C(=O)c1cccc(F)c1. The van der Waals surface area contributed by atoms with Crippen LogP contribution in [0.3, 0.4) is 0 Å². The minimum absolute atomic E-state index is 0.167. The normalized spacial score (nSPS) is 14.9. The molecule has 186 valence electrons. The summed E-state index contributed by atoms with van der Waals surface area (Å²) in [7, 11) is 3.12. The summed E-state index contributed by atoms with van der Waals surface area (Å²) in [4.78, 5) is 28.1. The van der Waals surface area contributed by atoms with E-state index >= 15 is 0 Å². The fraction of sp³-hybridized carbons (Fsp3) is 0.250. The largest absolute Gasteiger partial charge is 0.497 e. The molecule has 1 atom stereocenters. The van der Waals surface area contributed by atoms with Gasteiger partial charge in [-0.1, -0.05) is 48.5 Å². The molecule has 0 fully saturated rings. The van der Waals surface area contributed by atoms with Gasteiger partial charge in [0, 0.05) is 31.2 Å². The zero-order valence-corrected chi connectivity index (χ0v) is 20.3. The van der Waals surface area contributed by atoms with Crippen molar-refractivity contribution < 1.29 is 23.5 Å². The molecule has 0 spiro atoms. The van der Waals surface area contributed by atoms with Crippen LogP contribution < -0.4 is 4.74 Å². The average molecular weight is 490 g/mol. The Balaban J connectivity index is 1.63. The Labute approximate surface area is 209 Å². The summed E-state index contributed by atoms with van der Waals surface area (Å²) in [5, 5.41) is 6.13. The van der Waals surface area contributed by atoms with E-state index in [1.54, 1.807) is 7.11 Å². The second kappa shape index (κ2) is 11.6. The molecule has 2 amide bonds. The predicted molar refractivity (Wildman–Crippen MR) is 134 cm³/mol. The molecule has 0 radical (unpaired) electrons. The van der Waals surface area contributed by atoms with Crippen LogP contribution >= 0.6 is 0 Å². The maximum atomic E-state index is 13.8. The first-order valence-corrected chi connectivity index (χ1v) is 11.6. The first kappa shape index (κ1) is 25.1. The number of nitrogens with zero attached hydrogens (tertiary/aromatic N) is 3. The molecule has 1 aliphatic rings. The van der Waals surface area contributed by atoms with Crippen LogP contribution in [0.4, 0.5) is 4.39 Å². The van der Waals surface area contributed by atoms with Crippen LogP contribution in [0, 0.1) is 5.82 Å². The fourth-order valence-corrected chi connectivity index (χ4v) is 4.15. The Morgan fingerprint density at radius 1 is 1.03 bits per heavy atom. The summed E-state index contributed by atoms with van der Waals surface area (Å²) in [5.41, 5.74) is 2.71. The fourth-order valence-electron chi connectivity index (χ4n) is 4.15. The number of rotatable bonds is 9. The minimum atomic E-state index is -0.518. The lowest BCUT2D eigenvalue weighted by atomic mass is 9.98. The Morgan fingerprint density at radius 3 is 2.53 bits per heavy atom. The van der Waals surface area contributed by atoms with E-state index in [0.29, 0.717) is 12.2 Å². The van der Waals surface area contributed by atoms with Crippen molar-refractivity contribution >= 4 is 17.5 Å². The Bertz CT molecular complexity index is 1250. The highest BCUT2D eigenvalue weighted by atomic mass is 19.1. The van der Waals surface area contributed by atoms with Crippen LogP contribution in [-0.2, 0) is 9.53 Å². The number of hydrogen-bond donors (Lipinski definition) is 0. The van der Waals surface area contributed by atoms with Crippen molar-refractivity contribution in [3.05, 3.63) is 101 Å². The second-order valence-corrected chi connectivity index (χ2v) is 8.38. The van der Waals surface area contributed by atoms with Gasteiger partial charge in [0.2, 0.25) is 0 Å². The van der Waals surface area contributed by atoms with E-state index in [1.807, 2.05) is 54.6 Å². The monoisotopic (exact) mass is 489 g/mol. The highest BCUT2D eigenvalue weighted by Crippen LogP contribution is 2.33. The molecule has 1 heterocycles. The van der Waals surface area contributed by atoms with Gasteiger partial charge < -0.3 is 14.4 Å². The maximum Gasteiger partial charge on any atom is 0.262 e. The van der Waals surface area contributed by atoms with Gasteiger partial charge in [0.05, 0.1) is 25.5 Å². The minimum Gasteiger partial charge on any atom is -0.497 e. The summed E-state index contributed by atoms with van der Waals surface area (Å²) >= 11 is 0. The molecule has 0 saturated carbocycles. The molecule has 7 nitrogen and oxygen atoms in total. The number of amides is 2. The second-order valence-electron chi connectivity index (χ2n) is 8.38. The highest BCUT2D eigenvalue weighted by Gasteiger charge is 2.34. The lowest BCUT2D eigenvalue weighted by Gasteiger charge is -2.27. The number of carbonyl (C=O) groups is 2. The van der Waals surface area contributed by atoms with Gasteiger partial charge in [-0.2, -0.15) is 5.10 Å². The first-order chi connectivity index (χ1) is 17.5. The van der Waals surface area contributed by atoms with Crippen LogP contribution in [0.15, 0.2) is 84.0 Å². The zero-order chi connectivity index (χ0) is 25.5. The lowest BCUT2D eigenvalue weighted by Crippen LogP contribution is -2.42. The number of halogens is 1. The predicted octanol–water partition coefficient (Wildman–Crippen LogP) is 4.30. The number of hydrazone groups is 1. The van der Waals surface area contributed by atoms with Gasteiger partial charge in [-0.25, -0.2) is 9.40 Å². The van der Waals surface area contributed by atoms with E-state index in [9.17, 15) is 14.0 Å².